The fourth-order valence-corrected chi connectivity index (χ4v) is 9.66. The predicted octanol–water partition coefficient (Wildman–Crippen LogP) is 11.5. The van der Waals surface area contributed by atoms with Crippen molar-refractivity contribution in [3.05, 3.63) is 174 Å². The van der Waals surface area contributed by atoms with E-state index < -0.39 is 5.41 Å². The molecule has 0 radical (unpaired) electrons. The molecule has 214 valence electrons. The van der Waals surface area contributed by atoms with Crippen molar-refractivity contribution in [1.82, 2.24) is 4.57 Å². The normalized spacial score (nSPS) is 14.2. The molecule has 46 heavy (non-hydrogen) atoms. The van der Waals surface area contributed by atoms with Gasteiger partial charge in [0.05, 0.1) is 16.4 Å². The lowest BCUT2D eigenvalue weighted by Crippen LogP contribution is -2.31. The number of rotatable bonds is 1. The Labute approximate surface area is 269 Å². The maximum absolute atomic E-state index is 6.21. The number of nitrogens with zero attached hydrogens (tertiary/aromatic N) is 1. The fraction of sp³-hybridized carbons (Fsp3) is 0.0233. The second-order valence-electron chi connectivity index (χ2n) is 12.4. The average molecular weight is 604 g/mol. The highest BCUT2D eigenvalue weighted by molar-refractivity contribution is 7.99. The highest BCUT2D eigenvalue weighted by Crippen LogP contribution is 2.62. The summed E-state index contributed by atoms with van der Waals surface area (Å²) in [6.07, 6.45) is 0. The van der Waals surface area contributed by atoms with Crippen LogP contribution in [0, 0.1) is 0 Å². The zero-order valence-corrected chi connectivity index (χ0v) is 25.5. The van der Waals surface area contributed by atoms with Crippen molar-refractivity contribution in [3.8, 4) is 16.8 Å². The highest BCUT2D eigenvalue weighted by Gasteiger charge is 2.50. The van der Waals surface area contributed by atoms with Crippen molar-refractivity contribution in [2.75, 3.05) is 0 Å². The summed E-state index contributed by atoms with van der Waals surface area (Å²) in [5.41, 5.74) is 13.1. The third-order valence-corrected chi connectivity index (χ3v) is 11.4. The average Bonchev–Trinajstić information content (AvgIpc) is 3.74. The number of aromatic nitrogens is 1. The largest absolute Gasteiger partial charge is 0.456 e. The molecule has 0 atom stereocenters. The van der Waals surface area contributed by atoms with Crippen LogP contribution in [-0.4, -0.2) is 4.57 Å². The van der Waals surface area contributed by atoms with Gasteiger partial charge in [0.2, 0.25) is 0 Å². The van der Waals surface area contributed by atoms with Crippen LogP contribution >= 0.6 is 11.8 Å². The molecule has 2 aliphatic rings. The summed E-state index contributed by atoms with van der Waals surface area (Å²) in [7, 11) is 0. The van der Waals surface area contributed by atoms with Crippen LogP contribution in [0.3, 0.4) is 0 Å². The predicted molar refractivity (Wildman–Crippen MR) is 189 cm³/mol. The molecule has 0 saturated heterocycles. The molecule has 0 fully saturated rings. The number of para-hydroxylation sites is 2. The van der Waals surface area contributed by atoms with E-state index in [1.54, 1.807) is 0 Å². The Morgan fingerprint density at radius 2 is 1.09 bits per heavy atom. The molecule has 1 spiro atoms. The molecule has 11 rings (SSSR count). The lowest BCUT2D eigenvalue weighted by atomic mass is 9.67. The lowest BCUT2D eigenvalue weighted by molar-refractivity contribution is 0.669. The van der Waals surface area contributed by atoms with Crippen LogP contribution in [0.4, 0.5) is 0 Å². The monoisotopic (exact) mass is 603 g/mol. The molecular formula is C43H25NOS. The molecule has 1 aliphatic heterocycles. The number of furan rings is 1. The first-order valence-corrected chi connectivity index (χ1v) is 16.6. The summed E-state index contributed by atoms with van der Waals surface area (Å²) in [6, 6.07) is 55.8. The second-order valence-corrected chi connectivity index (χ2v) is 13.5. The van der Waals surface area contributed by atoms with Gasteiger partial charge in [0, 0.05) is 37.0 Å². The van der Waals surface area contributed by atoms with E-state index in [0.717, 1.165) is 27.6 Å². The number of benzene rings is 7. The number of hydrogen-bond acceptors (Lipinski definition) is 2. The maximum atomic E-state index is 6.21. The first-order valence-electron chi connectivity index (χ1n) is 15.8. The highest BCUT2D eigenvalue weighted by atomic mass is 32.2. The van der Waals surface area contributed by atoms with Gasteiger partial charge in [-0.1, -0.05) is 115 Å². The van der Waals surface area contributed by atoms with Gasteiger partial charge >= 0.3 is 0 Å². The minimum atomic E-state index is -0.392. The Morgan fingerprint density at radius 1 is 0.435 bits per heavy atom. The molecule has 0 N–H and O–H groups in total. The van der Waals surface area contributed by atoms with Crippen molar-refractivity contribution in [3.63, 3.8) is 0 Å². The van der Waals surface area contributed by atoms with Crippen LogP contribution in [0.5, 0.6) is 0 Å². The van der Waals surface area contributed by atoms with Crippen molar-refractivity contribution >= 4 is 55.5 Å². The molecule has 0 unspecified atom stereocenters. The van der Waals surface area contributed by atoms with E-state index in [1.165, 1.54) is 65.0 Å². The van der Waals surface area contributed by atoms with Crippen molar-refractivity contribution < 1.29 is 4.42 Å². The Bertz CT molecular complexity index is 2700. The van der Waals surface area contributed by atoms with E-state index in [0.29, 0.717) is 0 Å². The van der Waals surface area contributed by atoms with E-state index in [9.17, 15) is 0 Å². The minimum Gasteiger partial charge on any atom is -0.456 e. The van der Waals surface area contributed by atoms with Gasteiger partial charge < -0.3 is 8.98 Å². The van der Waals surface area contributed by atoms with Gasteiger partial charge in [-0.3, -0.25) is 0 Å². The maximum Gasteiger partial charge on any atom is 0.135 e. The van der Waals surface area contributed by atoms with Crippen LogP contribution in [0.25, 0.3) is 60.6 Å². The Hall–Kier alpha value is -5.51. The number of fused-ring (bicyclic) bond motifs is 15. The van der Waals surface area contributed by atoms with E-state index in [1.807, 2.05) is 23.9 Å². The molecule has 2 nitrogen and oxygen atoms in total. The van der Waals surface area contributed by atoms with E-state index in [4.69, 9.17) is 4.42 Å². The molecule has 0 bridgehead atoms. The van der Waals surface area contributed by atoms with Crippen molar-refractivity contribution in [2.24, 2.45) is 0 Å². The molecule has 3 heteroatoms. The Balaban J connectivity index is 1.27. The standard InChI is InChI=1S/C43H25NOS/c1-5-15-33-27(11-1)28-12-2-6-16-34(28)43(33)35-17-7-10-20-41(35)46-42-25-38-31(24-36(42)43)29-13-3-8-18-37(29)44(38)26-21-22-40-32(23-26)30-14-4-9-19-39(30)45-40/h1-25H. The summed E-state index contributed by atoms with van der Waals surface area (Å²) in [4.78, 5) is 2.62. The Kier molecular flexibility index (Phi) is 4.74. The van der Waals surface area contributed by atoms with Gasteiger partial charge in [0.25, 0.3) is 0 Å². The third-order valence-electron chi connectivity index (χ3n) is 10.3. The summed E-state index contributed by atoms with van der Waals surface area (Å²) in [5.74, 6) is 0. The minimum absolute atomic E-state index is 0.392. The third kappa shape index (κ3) is 2.99. The molecule has 7 aromatic carbocycles. The molecule has 0 saturated carbocycles. The van der Waals surface area contributed by atoms with Crippen LogP contribution in [-0.2, 0) is 5.41 Å². The van der Waals surface area contributed by atoms with Gasteiger partial charge in [-0.15, -0.1) is 0 Å². The lowest BCUT2D eigenvalue weighted by Gasteiger charge is -2.39. The second kappa shape index (κ2) is 8.81. The first-order chi connectivity index (χ1) is 22.8. The van der Waals surface area contributed by atoms with Crippen LogP contribution in [0.15, 0.2) is 166 Å². The van der Waals surface area contributed by atoms with Crippen molar-refractivity contribution in [2.45, 2.75) is 15.2 Å². The SMILES string of the molecule is c1ccc2c(c1)Sc1cc3c(cc1C21c2ccccc2-c2ccccc21)c1ccccc1n3-c1ccc2oc3ccccc3c2c1. The summed E-state index contributed by atoms with van der Waals surface area (Å²) in [6.45, 7) is 0. The summed E-state index contributed by atoms with van der Waals surface area (Å²) in [5, 5.41) is 4.81. The molecular weight excluding hydrogens is 579 g/mol. The van der Waals surface area contributed by atoms with Crippen LogP contribution in [0.1, 0.15) is 22.3 Å². The fourth-order valence-electron chi connectivity index (χ4n) is 8.45. The van der Waals surface area contributed by atoms with Gasteiger partial charge in [0.15, 0.2) is 0 Å². The molecule has 1 aliphatic carbocycles. The summed E-state index contributed by atoms with van der Waals surface area (Å²) >= 11 is 1.90. The van der Waals surface area contributed by atoms with Gasteiger partial charge in [-0.05, 0) is 81.9 Å². The summed E-state index contributed by atoms with van der Waals surface area (Å²) < 4.78 is 8.65. The molecule has 0 amide bonds. The smallest absolute Gasteiger partial charge is 0.135 e. The quantitative estimate of drug-likeness (QED) is 0.186. The zero-order valence-electron chi connectivity index (χ0n) is 24.7. The van der Waals surface area contributed by atoms with Gasteiger partial charge in [-0.25, -0.2) is 0 Å². The first kappa shape index (κ1) is 24.8. The van der Waals surface area contributed by atoms with Crippen molar-refractivity contribution in [1.29, 1.82) is 0 Å². The van der Waals surface area contributed by atoms with E-state index in [-0.39, 0.29) is 0 Å². The van der Waals surface area contributed by atoms with E-state index >= 15 is 0 Å². The molecule has 3 heterocycles. The Morgan fingerprint density at radius 3 is 1.91 bits per heavy atom. The molecule has 2 aromatic heterocycles. The van der Waals surface area contributed by atoms with Gasteiger partial charge in [-0.2, -0.15) is 0 Å². The van der Waals surface area contributed by atoms with Gasteiger partial charge in [0.1, 0.15) is 11.2 Å². The topological polar surface area (TPSA) is 18.1 Å². The van der Waals surface area contributed by atoms with Crippen LogP contribution < -0.4 is 0 Å². The molecule has 9 aromatic rings. The zero-order chi connectivity index (χ0) is 30.0. The number of hydrogen-bond donors (Lipinski definition) is 0. The van der Waals surface area contributed by atoms with E-state index in [2.05, 4.69) is 144 Å². The van der Waals surface area contributed by atoms with Crippen LogP contribution in [0.2, 0.25) is 0 Å².